The van der Waals surface area contributed by atoms with E-state index in [1.807, 2.05) is 36.4 Å². The molecule has 3 aromatic carbocycles. The highest BCUT2D eigenvalue weighted by molar-refractivity contribution is 7.80. The highest BCUT2D eigenvalue weighted by Gasteiger charge is 2.08. The molecule has 0 fully saturated rings. The fourth-order valence-electron chi connectivity index (χ4n) is 3.09. The average molecular weight is 346 g/mol. The van der Waals surface area contributed by atoms with Gasteiger partial charge >= 0.3 is 0 Å². The van der Waals surface area contributed by atoms with Crippen molar-refractivity contribution in [2.75, 3.05) is 10.6 Å². The number of anilines is 2. The molecule has 25 heavy (non-hydrogen) atoms. The van der Waals surface area contributed by atoms with Gasteiger partial charge in [0.2, 0.25) is 0 Å². The van der Waals surface area contributed by atoms with Gasteiger partial charge in [-0.05, 0) is 61.5 Å². The van der Waals surface area contributed by atoms with Gasteiger partial charge in [-0.2, -0.15) is 0 Å². The standard InChI is InChI=1S/C21H18N2OS/c1-13-6-5-7-14(2)20(13)23-21(25)22-15-10-11-19-17(12-15)16-8-3-4-9-18(16)24-19/h3-12H,1-2H3,(H2,22,23,25). The number of thiocarbonyl (C=S) groups is 1. The number of fused-ring (bicyclic) bond motifs is 3. The maximum absolute atomic E-state index is 5.86. The number of rotatable bonds is 2. The smallest absolute Gasteiger partial charge is 0.175 e. The number of furan rings is 1. The van der Waals surface area contributed by atoms with Crippen LogP contribution in [0, 0.1) is 13.8 Å². The first kappa shape index (κ1) is 15.7. The molecule has 1 heterocycles. The van der Waals surface area contributed by atoms with Crippen LogP contribution < -0.4 is 10.6 Å². The SMILES string of the molecule is Cc1cccc(C)c1NC(=S)Nc1ccc2oc3ccccc3c2c1. The Kier molecular flexibility index (Phi) is 3.90. The summed E-state index contributed by atoms with van der Waals surface area (Å²) in [7, 11) is 0. The van der Waals surface area contributed by atoms with Crippen LogP contribution in [-0.2, 0) is 0 Å². The van der Waals surface area contributed by atoms with Gasteiger partial charge in [0.25, 0.3) is 0 Å². The quantitative estimate of drug-likeness (QED) is 0.436. The van der Waals surface area contributed by atoms with E-state index in [1.165, 1.54) is 11.1 Å². The third kappa shape index (κ3) is 2.96. The first-order valence-corrected chi connectivity index (χ1v) is 8.58. The van der Waals surface area contributed by atoms with Gasteiger partial charge in [-0.15, -0.1) is 0 Å². The van der Waals surface area contributed by atoms with Crippen LogP contribution in [0.1, 0.15) is 11.1 Å². The summed E-state index contributed by atoms with van der Waals surface area (Å²) in [6.45, 7) is 4.14. The second-order valence-electron chi connectivity index (χ2n) is 6.16. The van der Waals surface area contributed by atoms with E-state index in [4.69, 9.17) is 16.6 Å². The average Bonchev–Trinajstić information content (AvgIpc) is 2.96. The number of hydrogen-bond acceptors (Lipinski definition) is 2. The van der Waals surface area contributed by atoms with E-state index in [9.17, 15) is 0 Å². The second-order valence-corrected chi connectivity index (χ2v) is 6.56. The van der Waals surface area contributed by atoms with Gasteiger partial charge in [0, 0.05) is 22.1 Å². The number of aryl methyl sites for hydroxylation is 2. The Hall–Kier alpha value is -2.85. The predicted molar refractivity (Wildman–Crippen MR) is 109 cm³/mol. The molecular weight excluding hydrogens is 328 g/mol. The van der Waals surface area contributed by atoms with Crippen molar-refractivity contribution < 1.29 is 4.42 Å². The first-order valence-electron chi connectivity index (χ1n) is 8.17. The molecule has 4 rings (SSSR count). The molecule has 0 aliphatic heterocycles. The molecule has 0 saturated carbocycles. The Morgan fingerprint density at radius 2 is 1.52 bits per heavy atom. The second kappa shape index (κ2) is 6.22. The van der Waals surface area contributed by atoms with Crippen LogP contribution in [0.3, 0.4) is 0 Å². The van der Waals surface area contributed by atoms with Gasteiger partial charge in [0.15, 0.2) is 5.11 Å². The molecule has 4 heteroatoms. The Morgan fingerprint density at radius 3 is 2.32 bits per heavy atom. The van der Waals surface area contributed by atoms with E-state index < -0.39 is 0 Å². The van der Waals surface area contributed by atoms with Gasteiger partial charge in [-0.25, -0.2) is 0 Å². The maximum atomic E-state index is 5.86. The van der Waals surface area contributed by atoms with Crippen molar-refractivity contribution in [2.45, 2.75) is 13.8 Å². The Balaban J connectivity index is 1.62. The zero-order chi connectivity index (χ0) is 17.4. The van der Waals surface area contributed by atoms with Crippen molar-refractivity contribution in [3.63, 3.8) is 0 Å². The largest absolute Gasteiger partial charge is 0.456 e. The lowest BCUT2D eigenvalue weighted by Gasteiger charge is -2.14. The third-order valence-corrected chi connectivity index (χ3v) is 4.56. The summed E-state index contributed by atoms with van der Waals surface area (Å²) in [5.74, 6) is 0. The summed E-state index contributed by atoms with van der Waals surface area (Å²) >= 11 is 5.49. The van der Waals surface area contributed by atoms with Crippen LogP contribution in [0.25, 0.3) is 21.9 Å². The normalized spacial score (nSPS) is 11.0. The summed E-state index contributed by atoms with van der Waals surface area (Å²) in [6, 6.07) is 20.3. The van der Waals surface area contributed by atoms with Crippen molar-refractivity contribution in [3.8, 4) is 0 Å². The van der Waals surface area contributed by atoms with E-state index in [0.717, 1.165) is 33.3 Å². The van der Waals surface area contributed by atoms with Crippen molar-refractivity contribution in [1.29, 1.82) is 0 Å². The molecule has 0 amide bonds. The zero-order valence-corrected chi connectivity index (χ0v) is 14.9. The molecule has 0 spiro atoms. The number of nitrogens with one attached hydrogen (secondary N) is 2. The molecule has 0 atom stereocenters. The topological polar surface area (TPSA) is 37.2 Å². The first-order chi connectivity index (χ1) is 12.1. The molecular formula is C21H18N2OS. The lowest BCUT2D eigenvalue weighted by molar-refractivity contribution is 0.669. The summed E-state index contributed by atoms with van der Waals surface area (Å²) in [5, 5.41) is 9.33. The summed E-state index contributed by atoms with van der Waals surface area (Å²) in [5.41, 5.74) is 6.09. The molecule has 0 unspecified atom stereocenters. The van der Waals surface area contributed by atoms with Gasteiger partial charge in [0.1, 0.15) is 11.2 Å². The van der Waals surface area contributed by atoms with Gasteiger partial charge in [-0.3, -0.25) is 0 Å². The Morgan fingerprint density at radius 1 is 0.800 bits per heavy atom. The van der Waals surface area contributed by atoms with Gasteiger partial charge in [0.05, 0.1) is 0 Å². The molecule has 3 nitrogen and oxygen atoms in total. The lowest BCUT2D eigenvalue weighted by atomic mass is 10.1. The number of para-hydroxylation sites is 2. The molecule has 2 N–H and O–H groups in total. The maximum Gasteiger partial charge on any atom is 0.175 e. The van der Waals surface area contributed by atoms with Crippen molar-refractivity contribution in [1.82, 2.24) is 0 Å². The number of hydrogen-bond donors (Lipinski definition) is 2. The van der Waals surface area contributed by atoms with E-state index in [0.29, 0.717) is 5.11 Å². The van der Waals surface area contributed by atoms with Crippen molar-refractivity contribution in [2.24, 2.45) is 0 Å². The highest BCUT2D eigenvalue weighted by atomic mass is 32.1. The monoisotopic (exact) mass is 346 g/mol. The van der Waals surface area contributed by atoms with Crippen molar-refractivity contribution >= 4 is 50.6 Å². The Labute approximate surface area is 151 Å². The highest BCUT2D eigenvalue weighted by Crippen LogP contribution is 2.30. The summed E-state index contributed by atoms with van der Waals surface area (Å²) in [6.07, 6.45) is 0. The molecule has 0 radical (unpaired) electrons. The van der Waals surface area contributed by atoms with Crippen LogP contribution >= 0.6 is 12.2 Å². The van der Waals surface area contributed by atoms with Crippen molar-refractivity contribution in [3.05, 3.63) is 71.8 Å². The Bertz CT molecular complexity index is 1080. The summed E-state index contributed by atoms with van der Waals surface area (Å²) in [4.78, 5) is 0. The molecule has 1 aromatic heterocycles. The van der Waals surface area contributed by atoms with Gasteiger partial charge < -0.3 is 15.1 Å². The van der Waals surface area contributed by atoms with E-state index >= 15 is 0 Å². The van der Waals surface area contributed by atoms with Crippen LogP contribution in [0.15, 0.2) is 65.1 Å². The molecule has 124 valence electrons. The van der Waals surface area contributed by atoms with Crippen LogP contribution in [0.4, 0.5) is 11.4 Å². The lowest BCUT2D eigenvalue weighted by Crippen LogP contribution is -2.20. The van der Waals surface area contributed by atoms with Crippen LogP contribution in [0.5, 0.6) is 0 Å². The minimum Gasteiger partial charge on any atom is -0.456 e. The number of benzene rings is 3. The molecule has 0 aliphatic carbocycles. The minimum atomic E-state index is 0.574. The van der Waals surface area contributed by atoms with E-state index in [1.54, 1.807) is 0 Å². The fraction of sp³-hybridized carbons (Fsp3) is 0.0952. The van der Waals surface area contributed by atoms with E-state index in [2.05, 4.69) is 48.7 Å². The molecule has 4 aromatic rings. The third-order valence-electron chi connectivity index (χ3n) is 4.35. The molecule has 0 saturated heterocycles. The minimum absolute atomic E-state index is 0.574. The van der Waals surface area contributed by atoms with Crippen LogP contribution in [-0.4, -0.2) is 5.11 Å². The van der Waals surface area contributed by atoms with Gasteiger partial charge in [-0.1, -0.05) is 36.4 Å². The van der Waals surface area contributed by atoms with E-state index in [-0.39, 0.29) is 0 Å². The molecule has 0 aliphatic rings. The van der Waals surface area contributed by atoms with Crippen LogP contribution in [0.2, 0.25) is 0 Å². The molecule has 0 bridgehead atoms. The summed E-state index contributed by atoms with van der Waals surface area (Å²) < 4.78 is 5.86. The zero-order valence-electron chi connectivity index (χ0n) is 14.1. The fourth-order valence-corrected chi connectivity index (χ4v) is 3.31. The predicted octanol–water partition coefficient (Wildman–Crippen LogP) is 6.01.